The third-order valence-corrected chi connectivity index (χ3v) is 2.94. The number of halogens is 1. The Bertz CT molecular complexity index is 213. The second-order valence-corrected chi connectivity index (χ2v) is 4.80. The van der Waals surface area contributed by atoms with Crippen LogP contribution in [0, 0.1) is 0 Å². The van der Waals surface area contributed by atoms with Gasteiger partial charge in [0.1, 0.15) is 0 Å². The molecule has 0 amide bonds. The minimum Gasteiger partial charge on any atom is -0.385 e. The molecule has 0 aliphatic rings. The molecule has 0 saturated carbocycles. The minimum absolute atomic E-state index is 0. The Labute approximate surface area is 142 Å². The number of hydrogen-bond acceptors (Lipinski definition) is 2. The maximum Gasteiger partial charge on any atom is 0.191 e. The predicted molar refractivity (Wildman–Crippen MR) is 99.3 cm³/mol. The first kappa shape index (κ1) is 22.2. The van der Waals surface area contributed by atoms with Gasteiger partial charge in [-0.2, -0.15) is 0 Å². The summed E-state index contributed by atoms with van der Waals surface area (Å²) in [5.74, 6) is 0.964. The zero-order valence-corrected chi connectivity index (χ0v) is 15.9. The lowest BCUT2D eigenvalue weighted by Gasteiger charge is -2.11. The summed E-state index contributed by atoms with van der Waals surface area (Å²) in [7, 11) is 1.75. The highest BCUT2D eigenvalue weighted by Gasteiger charge is 1.96. The summed E-state index contributed by atoms with van der Waals surface area (Å²) in [6.07, 6.45) is 8.60. The van der Waals surface area contributed by atoms with E-state index >= 15 is 0 Å². The molecule has 0 aliphatic heterocycles. The smallest absolute Gasteiger partial charge is 0.191 e. The molecule has 5 heteroatoms. The van der Waals surface area contributed by atoms with Crippen LogP contribution in [-0.2, 0) is 4.74 Å². The highest BCUT2D eigenvalue weighted by molar-refractivity contribution is 14.0. The van der Waals surface area contributed by atoms with Crippen LogP contribution in [0.25, 0.3) is 0 Å². The van der Waals surface area contributed by atoms with Gasteiger partial charge in [0.25, 0.3) is 0 Å². The molecule has 20 heavy (non-hydrogen) atoms. The van der Waals surface area contributed by atoms with Crippen molar-refractivity contribution >= 4 is 29.9 Å². The maximum absolute atomic E-state index is 5.03. The van der Waals surface area contributed by atoms with E-state index < -0.39 is 0 Å². The molecule has 0 aromatic rings. The molecule has 0 atom stereocenters. The highest BCUT2D eigenvalue weighted by Crippen LogP contribution is 1.97. The van der Waals surface area contributed by atoms with Crippen LogP contribution in [0.5, 0.6) is 0 Å². The first-order valence-corrected chi connectivity index (χ1v) is 7.86. The van der Waals surface area contributed by atoms with Gasteiger partial charge in [-0.05, 0) is 32.6 Å². The highest BCUT2D eigenvalue weighted by atomic mass is 127. The number of guanidine groups is 1. The van der Waals surface area contributed by atoms with Crippen LogP contribution in [0.3, 0.4) is 0 Å². The Morgan fingerprint density at radius 3 is 2.35 bits per heavy atom. The molecule has 0 rings (SSSR count). The van der Waals surface area contributed by atoms with E-state index in [-0.39, 0.29) is 24.0 Å². The molecule has 0 heterocycles. The summed E-state index contributed by atoms with van der Waals surface area (Å²) in [6.45, 7) is 8.04. The zero-order chi connectivity index (χ0) is 14.2. The second-order valence-electron chi connectivity index (χ2n) is 4.80. The van der Waals surface area contributed by atoms with Crippen LogP contribution in [-0.4, -0.2) is 39.3 Å². The number of nitrogens with one attached hydrogen (secondary N) is 2. The Hall–Kier alpha value is -0.0400. The Kier molecular flexibility index (Phi) is 21.1. The van der Waals surface area contributed by atoms with Crippen LogP contribution >= 0.6 is 24.0 Å². The van der Waals surface area contributed by atoms with Gasteiger partial charge in [0.05, 0.1) is 0 Å². The first-order valence-electron chi connectivity index (χ1n) is 7.86. The van der Waals surface area contributed by atoms with E-state index in [1.54, 1.807) is 7.11 Å². The lowest BCUT2D eigenvalue weighted by molar-refractivity contribution is 0.192. The fourth-order valence-corrected chi connectivity index (χ4v) is 1.83. The molecule has 2 N–H and O–H groups in total. The van der Waals surface area contributed by atoms with Crippen molar-refractivity contribution < 1.29 is 4.74 Å². The molecule has 122 valence electrons. The largest absolute Gasteiger partial charge is 0.385 e. The molecule has 0 bridgehead atoms. The number of aliphatic imine (C=N–C) groups is 1. The van der Waals surface area contributed by atoms with Crippen molar-refractivity contribution in [3.63, 3.8) is 0 Å². The average molecular weight is 399 g/mol. The topological polar surface area (TPSA) is 45.7 Å². The van der Waals surface area contributed by atoms with Crippen LogP contribution in [0.4, 0.5) is 0 Å². The SMILES string of the molecule is CCCCCCNC(=NCCCCCOC)NCC.I. The molecule has 0 aliphatic carbocycles. The monoisotopic (exact) mass is 399 g/mol. The third-order valence-electron chi connectivity index (χ3n) is 2.94. The number of nitrogens with zero attached hydrogens (tertiary/aromatic N) is 1. The summed E-state index contributed by atoms with van der Waals surface area (Å²) in [5.41, 5.74) is 0. The van der Waals surface area contributed by atoms with E-state index in [0.29, 0.717) is 0 Å². The summed E-state index contributed by atoms with van der Waals surface area (Å²) < 4.78 is 5.03. The van der Waals surface area contributed by atoms with Gasteiger partial charge < -0.3 is 15.4 Å². The summed E-state index contributed by atoms with van der Waals surface area (Å²) in [6, 6.07) is 0. The number of ether oxygens (including phenoxy) is 1. The van der Waals surface area contributed by atoms with E-state index in [4.69, 9.17) is 4.74 Å². The molecule has 0 fully saturated rings. The number of hydrogen-bond donors (Lipinski definition) is 2. The summed E-state index contributed by atoms with van der Waals surface area (Å²) in [4.78, 5) is 4.58. The van der Waals surface area contributed by atoms with Gasteiger partial charge in [0.15, 0.2) is 5.96 Å². The quantitative estimate of drug-likeness (QED) is 0.228. The van der Waals surface area contributed by atoms with E-state index in [9.17, 15) is 0 Å². The average Bonchev–Trinajstić information content (AvgIpc) is 2.42. The van der Waals surface area contributed by atoms with E-state index in [0.717, 1.165) is 45.0 Å². The Morgan fingerprint density at radius 1 is 0.950 bits per heavy atom. The van der Waals surface area contributed by atoms with Crippen molar-refractivity contribution in [2.24, 2.45) is 4.99 Å². The number of methoxy groups -OCH3 is 1. The van der Waals surface area contributed by atoms with Gasteiger partial charge in [-0.25, -0.2) is 0 Å². The lowest BCUT2D eigenvalue weighted by atomic mass is 10.2. The minimum atomic E-state index is 0. The standard InChI is InChI=1S/C15H33N3O.HI/c1-4-6-7-9-12-17-15(16-5-2)18-13-10-8-11-14-19-3;/h4-14H2,1-3H3,(H2,16,17,18);1H. The van der Waals surface area contributed by atoms with E-state index in [1.165, 1.54) is 32.1 Å². The van der Waals surface area contributed by atoms with Gasteiger partial charge in [-0.1, -0.05) is 26.2 Å². The molecule has 0 saturated heterocycles. The zero-order valence-electron chi connectivity index (χ0n) is 13.5. The molecule has 0 spiro atoms. The summed E-state index contributed by atoms with van der Waals surface area (Å²) in [5, 5.41) is 6.69. The Morgan fingerprint density at radius 2 is 1.70 bits per heavy atom. The number of rotatable bonds is 12. The molecule has 0 unspecified atom stereocenters. The molecular formula is C15H34IN3O. The first-order chi connectivity index (χ1) is 9.35. The summed E-state index contributed by atoms with van der Waals surface area (Å²) >= 11 is 0. The van der Waals surface area contributed by atoms with Crippen LogP contribution in [0.1, 0.15) is 58.8 Å². The van der Waals surface area contributed by atoms with Crippen molar-refractivity contribution in [2.75, 3.05) is 33.4 Å². The lowest BCUT2D eigenvalue weighted by Crippen LogP contribution is -2.37. The van der Waals surface area contributed by atoms with E-state index in [1.807, 2.05) is 0 Å². The van der Waals surface area contributed by atoms with Gasteiger partial charge in [-0.15, -0.1) is 24.0 Å². The van der Waals surface area contributed by atoms with Crippen molar-refractivity contribution in [1.29, 1.82) is 0 Å². The second kappa shape index (κ2) is 19.0. The van der Waals surface area contributed by atoms with Gasteiger partial charge in [-0.3, -0.25) is 4.99 Å². The molecular weight excluding hydrogens is 365 g/mol. The predicted octanol–water partition coefficient (Wildman–Crippen LogP) is 3.56. The maximum atomic E-state index is 5.03. The Balaban J connectivity index is 0. The van der Waals surface area contributed by atoms with Crippen LogP contribution < -0.4 is 10.6 Å². The molecule has 4 nitrogen and oxygen atoms in total. The van der Waals surface area contributed by atoms with Gasteiger partial charge in [0.2, 0.25) is 0 Å². The molecule has 0 radical (unpaired) electrons. The van der Waals surface area contributed by atoms with Crippen molar-refractivity contribution in [2.45, 2.75) is 58.8 Å². The molecule has 0 aromatic carbocycles. The fourth-order valence-electron chi connectivity index (χ4n) is 1.83. The van der Waals surface area contributed by atoms with Crippen molar-refractivity contribution in [3.05, 3.63) is 0 Å². The third kappa shape index (κ3) is 16.0. The van der Waals surface area contributed by atoms with Crippen molar-refractivity contribution in [3.8, 4) is 0 Å². The fraction of sp³-hybridized carbons (Fsp3) is 0.933. The van der Waals surface area contributed by atoms with E-state index in [2.05, 4.69) is 29.5 Å². The van der Waals surface area contributed by atoms with Crippen molar-refractivity contribution in [1.82, 2.24) is 10.6 Å². The molecule has 0 aromatic heterocycles. The normalized spacial score (nSPS) is 11.1. The van der Waals surface area contributed by atoms with Crippen LogP contribution in [0.15, 0.2) is 4.99 Å². The van der Waals surface area contributed by atoms with Gasteiger partial charge in [0, 0.05) is 33.4 Å². The number of unbranched alkanes of at least 4 members (excludes halogenated alkanes) is 5. The van der Waals surface area contributed by atoms with Crippen LogP contribution in [0.2, 0.25) is 0 Å². The van der Waals surface area contributed by atoms with Gasteiger partial charge >= 0.3 is 0 Å².